The fraction of sp³-hybridized carbons (Fsp3) is 0.357. The minimum absolute atomic E-state index is 0.164. The van der Waals surface area contributed by atoms with E-state index in [2.05, 4.69) is 10.6 Å². The molecule has 2 rings (SSSR count). The van der Waals surface area contributed by atoms with Crippen LogP contribution < -0.4 is 10.6 Å². The van der Waals surface area contributed by atoms with E-state index >= 15 is 0 Å². The van der Waals surface area contributed by atoms with Crippen molar-refractivity contribution in [2.75, 3.05) is 11.9 Å². The van der Waals surface area contributed by atoms with Gasteiger partial charge in [-0.25, -0.2) is 4.79 Å². The van der Waals surface area contributed by atoms with Crippen LogP contribution in [0.3, 0.4) is 0 Å². The number of rotatable bonds is 5. The Hall–Kier alpha value is -1.50. The van der Waals surface area contributed by atoms with E-state index in [4.69, 9.17) is 34.8 Å². The summed E-state index contributed by atoms with van der Waals surface area (Å²) in [5.74, 6) is -1.00. The number of benzene rings is 1. The Labute approximate surface area is 148 Å². The number of carbonyl (C=O) groups is 3. The maximum Gasteiger partial charge on any atom is 0.325 e. The lowest BCUT2D eigenvalue weighted by Crippen LogP contribution is -2.38. The van der Waals surface area contributed by atoms with Crippen LogP contribution in [0.25, 0.3) is 0 Å². The Morgan fingerprint density at radius 2 is 1.87 bits per heavy atom. The van der Waals surface area contributed by atoms with Crippen LogP contribution in [-0.4, -0.2) is 35.3 Å². The first-order valence-corrected chi connectivity index (χ1v) is 8.03. The molecule has 1 aliphatic heterocycles. The largest absolute Gasteiger partial charge is 0.326 e. The summed E-state index contributed by atoms with van der Waals surface area (Å²) in [7, 11) is 0. The van der Waals surface area contributed by atoms with Crippen molar-refractivity contribution >= 4 is 58.3 Å². The molecule has 0 bridgehead atoms. The Morgan fingerprint density at radius 3 is 2.43 bits per heavy atom. The van der Waals surface area contributed by atoms with Crippen molar-refractivity contribution in [2.24, 2.45) is 0 Å². The number of nitrogens with zero attached hydrogens (tertiary/aromatic N) is 1. The van der Waals surface area contributed by atoms with Crippen molar-refractivity contribution in [1.82, 2.24) is 10.2 Å². The highest BCUT2D eigenvalue weighted by Crippen LogP contribution is 2.33. The van der Waals surface area contributed by atoms with Gasteiger partial charge in [0.15, 0.2) is 0 Å². The summed E-state index contributed by atoms with van der Waals surface area (Å²) in [6.07, 6.45) is 1.27. The standard InChI is InChI=1S/C14H14Cl3N3O3/c1-2-3-10-13(22)20(14(23)18-10)6-11(21)19-12-8(16)4-7(15)5-9(12)17/h4-5,10H,2-3,6H2,1H3,(H,18,23)(H,19,21). The molecule has 23 heavy (non-hydrogen) atoms. The number of hydrogen-bond acceptors (Lipinski definition) is 3. The molecule has 1 aliphatic rings. The van der Waals surface area contributed by atoms with Crippen molar-refractivity contribution in [3.63, 3.8) is 0 Å². The second-order valence-electron chi connectivity index (χ2n) is 5.01. The molecule has 0 aliphatic carbocycles. The zero-order chi connectivity index (χ0) is 17.1. The average Bonchev–Trinajstić information content (AvgIpc) is 2.71. The van der Waals surface area contributed by atoms with Gasteiger partial charge in [0.25, 0.3) is 5.91 Å². The molecule has 1 aromatic rings. The molecule has 1 heterocycles. The number of hydrogen-bond donors (Lipinski definition) is 2. The lowest BCUT2D eigenvalue weighted by Gasteiger charge is -2.14. The third-order valence-electron chi connectivity index (χ3n) is 3.26. The predicted molar refractivity (Wildman–Crippen MR) is 89.0 cm³/mol. The second-order valence-corrected chi connectivity index (χ2v) is 6.26. The maximum absolute atomic E-state index is 12.1. The highest BCUT2D eigenvalue weighted by atomic mass is 35.5. The van der Waals surface area contributed by atoms with E-state index in [1.807, 2.05) is 6.92 Å². The molecule has 2 N–H and O–H groups in total. The third kappa shape index (κ3) is 4.07. The van der Waals surface area contributed by atoms with E-state index < -0.39 is 30.4 Å². The fourth-order valence-corrected chi connectivity index (χ4v) is 3.11. The molecule has 0 saturated carbocycles. The van der Waals surface area contributed by atoms with Gasteiger partial charge in [-0.05, 0) is 18.6 Å². The molecular weight excluding hydrogens is 365 g/mol. The number of carbonyl (C=O) groups excluding carboxylic acids is 3. The van der Waals surface area contributed by atoms with Crippen molar-refractivity contribution in [1.29, 1.82) is 0 Å². The molecule has 1 fully saturated rings. The number of urea groups is 1. The van der Waals surface area contributed by atoms with Gasteiger partial charge in [0.2, 0.25) is 5.91 Å². The number of imide groups is 1. The van der Waals surface area contributed by atoms with Gasteiger partial charge in [-0.3, -0.25) is 14.5 Å². The minimum Gasteiger partial charge on any atom is -0.326 e. The van der Waals surface area contributed by atoms with Gasteiger partial charge in [-0.15, -0.1) is 0 Å². The molecule has 4 amide bonds. The van der Waals surface area contributed by atoms with E-state index in [0.717, 1.165) is 11.3 Å². The van der Waals surface area contributed by atoms with E-state index in [9.17, 15) is 14.4 Å². The van der Waals surface area contributed by atoms with Crippen molar-refractivity contribution in [3.8, 4) is 0 Å². The van der Waals surface area contributed by atoms with Crippen molar-refractivity contribution < 1.29 is 14.4 Å². The third-order valence-corrected chi connectivity index (χ3v) is 4.07. The second kappa shape index (κ2) is 7.38. The number of nitrogens with one attached hydrogen (secondary N) is 2. The van der Waals surface area contributed by atoms with Crippen LogP contribution in [0.5, 0.6) is 0 Å². The van der Waals surface area contributed by atoms with E-state index in [0.29, 0.717) is 11.4 Å². The first kappa shape index (κ1) is 17.8. The fourth-order valence-electron chi connectivity index (χ4n) is 2.20. The van der Waals surface area contributed by atoms with Gasteiger partial charge in [0, 0.05) is 5.02 Å². The van der Waals surface area contributed by atoms with Crippen molar-refractivity contribution in [2.45, 2.75) is 25.8 Å². The Balaban J connectivity index is 2.06. The summed E-state index contributed by atoms with van der Waals surface area (Å²) < 4.78 is 0. The molecule has 9 heteroatoms. The molecule has 0 spiro atoms. The smallest absolute Gasteiger partial charge is 0.325 e. The van der Waals surface area contributed by atoms with Crippen LogP contribution in [0.2, 0.25) is 15.1 Å². The summed E-state index contributed by atoms with van der Waals surface area (Å²) in [6, 6.07) is 1.69. The topological polar surface area (TPSA) is 78.5 Å². The van der Waals surface area contributed by atoms with Crippen LogP contribution in [-0.2, 0) is 9.59 Å². The highest BCUT2D eigenvalue weighted by Gasteiger charge is 2.38. The van der Waals surface area contributed by atoms with E-state index in [1.165, 1.54) is 12.1 Å². The van der Waals surface area contributed by atoms with Crippen molar-refractivity contribution in [3.05, 3.63) is 27.2 Å². The van der Waals surface area contributed by atoms with E-state index in [1.54, 1.807) is 0 Å². The monoisotopic (exact) mass is 377 g/mol. The van der Waals surface area contributed by atoms with Gasteiger partial charge in [-0.2, -0.15) is 0 Å². The summed E-state index contributed by atoms with van der Waals surface area (Å²) in [5, 5.41) is 5.68. The molecule has 0 aromatic heterocycles. The molecule has 1 saturated heterocycles. The molecule has 6 nitrogen and oxygen atoms in total. The zero-order valence-electron chi connectivity index (χ0n) is 12.2. The van der Waals surface area contributed by atoms with Crippen LogP contribution in [0, 0.1) is 0 Å². The molecule has 0 radical (unpaired) electrons. The minimum atomic E-state index is -0.586. The Morgan fingerprint density at radius 1 is 1.26 bits per heavy atom. The van der Waals surface area contributed by atoms with E-state index in [-0.39, 0.29) is 15.7 Å². The molecule has 1 unspecified atom stereocenters. The van der Waals surface area contributed by atoms with Crippen LogP contribution in [0.1, 0.15) is 19.8 Å². The maximum atomic E-state index is 12.1. The molecular formula is C14H14Cl3N3O3. The molecule has 1 aromatic carbocycles. The van der Waals surface area contributed by atoms with Crippen LogP contribution >= 0.6 is 34.8 Å². The first-order chi connectivity index (χ1) is 10.8. The first-order valence-electron chi connectivity index (χ1n) is 6.89. The normalized spacial score (nSPS) is 17.4. The quantitative estimate of drug-likeness (QED) is 0.772. The summed E-state index contributed by atoms with van der Waals surface area (Å²) in [4.78, 5) is 36.8. The lowest BCUT2D eigenvalue weighted by molar-refractivity contribution is -0.130. The van der Waals surface area contributed by atoms with Crippen LogP contribution in [0.15, 0.2) is 12.1 Å². The zero-order valence-corrected chi connectivity index (χ0v) is 14.4. The van der Waals surface area contributed by atoms with Gasteiger partial charge < -0.3 is 10.6 Å². The summed E-state index contributed by atoms with van der Waals surface area (Å²) in [5.41, 5.74) is 0.180. The van der Waals surface area contributed by atoms with Gasteiger partial charge in [0.05, 0.1) is 15.7 Å². The van der Waals surface area contributed by atoms with Gasteiger partial charge in [0.1, 0.15) is 12.6 Å². The van der Waals surface area contributed by atoms with Gasteiger partial charge in [-0.1, -0.05) is 48.1 Å². The highest BCUT2D eigenvalue weighted by molar-refractivity contribution is 6.42. The Kier molecular flexibility index (Phi) is 5.73. The lowest BCUT2D eigenvalue weighted by atomic mass is 10.2. The van der Waals surface area contributed by atoms with Crippen LogP contribution in [0.4, 0.5) is 10.5 Å². The molecule has 1 atom stereocenters. The summed E-state index contributed by atoms with van der Waals surface area (Å²) in [6.45, 7) is 1.49. The Bertz CT molecular complexity index is 643. The predicted octanol–water partition coefficient (Wildman–Crippen LogP) is 3.31. The number of anilines is 1. The summed E-state index contributed by atoms with van der Waals surface area (Å²) >= 11 is 17.7. The van der Waals surface area contributed by atoms with Gasteiger partial charge >= 0.3 is 6.03 Å². The number of halogens is 3. The molecule has 124 valence electrons. The SMILES string of the molecule is CCCC1NC(=O)N(CC(=O)Nc2c(Cl)cc(Cl)cc2Cl)C1=O. The average molecular weight is 379 g/mol. The number of amides is 4.